The third kappa shape index (κ3) is 4.39. The first-order valence-electron chi connectivity index (χ1n) is 19.9. The summed E-state index contributed by atoms with van der Waals surface area (Å²) in [7, 11) is -3.73. The summed E-state index contributed by atoms with van der Waals surface area (Å²) in [5.74, 6) is 3.18. The summed E-state index contributed by atoms with van der Waals surface area (Å²) in [5.41, 5.74) is 14.3. The second-order valence-corrected chi connectivity index (χ2v) is 18.3. The first-order valence-corrected chi connectivity index (χ1v) is 21.7. The Hall–Kier alpha value is -7.50. The van der Waals surface area contributed by atoms with E-state index in [1.807, 2.05) is 0 Å². The van der Waals surface area contributed by atoms with Crippen LogP contribution in [0, 0.1) is 27.7 Å². The van der Waals surface area contributed by atoms with Crippen molar-refractivity contribution in [3.8, 4) is 22.3 Å². The quantitative estimate of drug-likeness (QED) is 0.165. The zero-order valence-electron chi connectivity index (χ0n) is 33.0. The molecule has 0 N–H and O–H groups in total. The Morgan fingerprint density at radius 2 is 0.712 bits per heavy atom. The van der Waals surface area contributed by atoms with Gasteiger partial charge in [-0.1, -0.05) is 121 Å². The molecule has 6 heterocycles. The number of para-hydroxylation sites is 6. The van der Waals surface area contributed by atoms with Crippen LogP contribution in [0.5, 0.6) is 0 Å². The third-order valence-electron chi connectivity index (χ3n) is 12.2. The number of aromatic nitrogens is 8. The Morgan fingerprint density at radius 3 is 1.15 bits per heavy atom. The summed E-state index contributed by atoms with van der Waals surface area (Å²) in [6.45, 7) is 8.66. The van der Waals surface area contributed by atoms with E-state index >= 15 is 0 Å². The number of hydrogen-bond donors (Lipinski definition) is 0. The van der Waals surface area contributed by atoms with E-state index in [1.54, 1.807) is 0 Å². The number of fused-ring (bicyclic) bond motifs is 12. The zero-order valence-corrected chi connectivity index (χ0v) is 34.0. The van der Waals surface area contributed by atoms with Gasteiger partial charge in [0.25, 0.3) is 0 Å². The minimum Gasteiger partial charge on any atom is -0.287 e. The van der Waals surface area contributed by atoms with Gasteiger partial charge < -0.3 is 0 Å². The second-order valence-electron chi connectivity index (χ2n) is 15.3. The van der Waals surface area contributed by atoms with Crippen LogP contribution >= 0.6 is 0 Å². The molecule has 10 nitrogen and oxygen atoms in total. The summed E-state index contributed by atoms with van der Waals surface area (Å²) in [6.07, 6.45) is 0. The minimum absolute atomic E-state index is 0.789. The molecule has 0 saturated heterocycles. The van der Waals surface area contributed by atoms with Gasteiger partial charge in [0.15, 0.2) is 0 Å². The van der Waals surface area contributed by atoms with Gasteiger partial charge in [0.2, 0.25) is 23.8 Å². The molecule has 0 bridgehead atoms. The van der Waals surface area contributed by atoms with Crippen LogP contribution in [0.1, 0.15) is 22.8 Å². The van der Waals surface area contributed by atoms with Gasteiger partial charge in [-0.25, -0.2) is 29.7 Å². The van der Waals surface area contributed by atoms with Gasteiger partial charge in [0, 0.05) is 22.5 Å². The summed E-state index contributed by atoms with van der Waals surface area (Å²) in [4.78, 5) is 26.8. The van der Waals surface area contributed by atoms with Crippen LogP contribution in [0.15, 0.2) is 158 Å². The Labute approximate surface area is 341 Å². The molecule has 0 fully saturated rings. The number of anilines is 6. The van der Waals surface area contributed by atoms with E-state index in [0.717, 1.165) is 102 Å². The van der Waals surface area contributed by atoms with Crippen molar-refractivity contribution in [3.05, 3.63) is 181 Å². The van der Waals surface area contributed by atoms with Crippen molar-refractivity contribution in [1.29, 1.82) is 0 Å². The molecule has 0 unspecified atom stereocenters. The van der Waals surface area contributed by atoms with E-state index in [2.05, 4.69) is 212 Å². The predicted molar refractivity (Wildman–Crippen MR) is 238 cm³/mol. The van der Waals surface area contributed by atoms with Gasteiger partial charge in [-0.3, -0.25) is 16.9 Å². The fraction of sp³-hybridized carbons (Fsp3) is 0.0833. The SMILES string of the molecule is Cc1nc2n(c1C)[Si]1(n3c(nc(C)c3C)N(c3ccccc3-c3ccccc3)c3nc4ccccc4n31)n1c(nc3ccccc31)N2c1ccccc1-c1ccccc1. The molecule has 0 radical (unpaired) electrons. The molecule has 0 amide bonds. The summed E-state index contributed by atoms with van der Waals surface area (Å²) in [6, 6.07) is 55.4. The van der Waals surface area contributed by atoms with Crippen molar-refractivity contribution < 1.29 is 0 Å². The van der Waals surface area contributed by atoms with E-state index in [-0.39, 0.29) is 0 Å². The number of benzene rings is 6. The van der Waals surface area contributed by atoms with Crippen LogP contribution in [-0.2, 0) is 0 Å². The molecule has 12 rings (SSSR count). The fourth-order valence-corrected chi connectivity index (χ4v) is 14.5. The van der Waals surface area contributed by atoms with E-state index < -0.39 is 8.72 Å². The smallest absolute Gasteiger partial charge is 0.287 e. The third-order valence-corrected chi connectivity index (χ3v) is 16.6. The lowest BCUT2D eigenvalue weighted by atomic mass is 10.0. The van der Waals surface area contributed by atoms with Crippen LogP contribution in [0.3, 0.4) is 0 Å². The molecule has 1 spiro atoms. The second kappa shape index (κ2) is 12.2. The van der Waals surface area contributed by atoms with Gasteiger partial charge in [-0.2, -0.15) is 0 Å². The molecule has 0 saturated carbocycles. The summed E-state index contributed by atoms with van der Waals surface area (Å²) < 4.78 is 10.1. The molecule has 4 aromatic heterocycles. The fourth-order valence-electron chi connectivity index (χ4n) is 9.39. The van der Waals surface area contributed by atoms with Crippen molar-refractivity contribution >= 4 is 66.0 Å². The van der Waals surface area contributed by atoms with Gasteiger partial charge in [-0.15, -0.1) is 0 Å². The summed E-state index contributed by atoms with van der Waals surface area (Å²) in [5, 5.41) is 0. The van der Waals surface area contributed by atoms with Gasteiger partial charge >= 0.3 is 8.72 Å². The van der Waals surface area contributed by atoms with Crippen LogP contribution in [0.2, 0.25) is 0 Å². The minimum atomic E-state index is -3.73. The average Bonchev–Trinajstić information content (AvgIpc) is 4.02. The normalized spacial score (nSPS) is 13.8. The van der Waals surface area contributed by atoms with E-state index in [0.29, 0.717) is 0 Å². The highest BCUT2D eigenvalue weighted by Crippen LogP contribution is 2.53. The topological polar surface area (TPSA) is 77.8 Å². The Balaban J connectivity index is 1.27. The van der Waals surface area contributed by atoms with Crippen LogP contribution in [0.4, 0.5) is 35.2 Å². The Morgan fingerprint density at radius 1 is 0.356 bits per heavy atom. The molecule has 6 aromatic carbocycles. The molecule has 10 aromatic rings. The number of imidazole rings is 4. The molecule has 59 heavy (non-hydrogen) atoms. The molecule has 0 aliphatic carbocycles. The lowest BCUT2D eigenvalue weighted by Gasteiger charge is -2.48. The zero-order chi connectivity index (χ0) is 39.6. The van der Waals surface area contributed by atoms with Crippen molar-refractivity contribution in [1.82, 2.24) is 36.9 Å². The average molecular weight is 783 g/mol. The number of rotatable bonds is 4. The maximum atomic E-state index is 5.60. The van der Waals surface area contributed by atoms with Gasteiger partial charge in [0.1, 0.15) is 0 Å². The molecule has 284 valence electrons. The standard InChI is InChI=1S/C48H38N10Si/c1-31-33(3)55-45(49-31)53(41-27-15-11-23-37(41)35-19-7-5-8-20-35)47-51-39-25-13-17-29-43(39)57(47)59(55)56-34(4)32(2)50-46(56)54(48-52-40-26-14-18-30-44(40)58(48)59)42-28-16-12-24-38(42)36-21-9-6-10-22-36/h5-30H,1-4H3. The highest BCUT2D eigenvalue weighted by Gasteiger charge is 2.62. The monoisotopic (exact) mass is 782 g/mol. The highest BCUT2D eigenvalue weighted by molar-refractivity contribution is 6.78. The van der Waals surface area contributed by atoms with Crippen molar-refractivity contribution in [2.45, 2.75) is 27.7 Å². The maximum absolute atomic E-state index is 5.60. The van der Waals surface area contributed by atoms with Crippen molar-refractivity contribution in [2.24, 2.45) is 0 Å². The Bertz CT molecular complexity index is 3080. The van der Waals surface area contributed by atoms with Crippen LogP contribution < -0.4 is 9.80 Å². The van der Waals surface area contributed by atoms with Crippen LogP contribution in [0.25, 0.3) is 44.3 Å². The molecular weight excluding hydrogens is 745 g/mol. The lowest BCUT2D eigenvalue weighted by molar-refractivity contribution is 0.750. The number of nitrogens with zero attached hydrogens (tertiary/aromatic N) is 10. The molecule has 2 aliphatic heterocycles. The van der Waals surface area contributed by atoms with Crippen molar-refractivity contribution in [3.63, 3.8) is 0 Å². The molecule has 11 heteroatoms. The highest BCUT2D eigenvalue weighted by atomic mass is 28.4. The van der Waals surface area contributed by atoms with Crippen molar-refractivity contribution in [2.75, 3.05) is 9.80 Å². The molecule has 0 atom stereocenters. The lowest BCUT2D eigenvalue weighted by Crippen LogP contribution is -2.69. The first-order chi connectivity index (χ1) is 29.0. The van der Waals surface area contributed by atoms with Gasteiger partial charge in [-0.05, 0) is 75.2 Å². The first kappa shape index (κ1) is 33.6. The van der Waals surface area contributed by atoms with E-state index in [4.69, 9.17) is 19.9 Å². The number of hydrogen-bond acceptors (Lipinski definition) is 6. The Kier molecular flexibility index (Phi) is 6.98. The van der Waals surface area contributed by atoms with Gasteiger partial charge in [0.05, 0.1) is 44.8 Å². The predicted octanol–water partition coefficient (Wildman–Crippen LogP) is 10.8. The summed E-state index contributed by atoms with van der Waals surface area (Å²) >= 11 is 0. The molecule has 2 aliphatic rings. The molecular formula is C48H38N10Si. The number of aryl methyl sites for hydroxylation is 2. The van der Waals surface area contributed by atoms with E-state index in [9.17, 15) is 0 Å². The van der Waals surface area contributed by atoms with E-state index in [1.165, 1.54) is 0 Å². The van der Waals surface area contributed by atoms with Crippen LogP contribution in [-0.4, -0.2) is 45.6 Å². The largest absolute Gasteiger partial charge is 0.530 e. The maximum Gasteiger partial charge on any atom is 0.530 e.